The molecule has 0 bridgehead atoms. The minimum atomic E-state index is -0.716. The molecule has 1 heterocycles. The molecule has 0 amide bonds. The number of hydrogen-bond donors (Lipinski definition) is 0. The van der Waals surface area contributed by atoms with Gasteiger partial charge in [0.1, 0.15) is 17.4 Å². The van der Waals surface area contributed by atoms with Gasteiger partial charge in [-0.3, -0.25) is 9.36 Å². The van der Waals surface area contributed by atoms with E-state index in [-0.39, 0.29) is 11.1 Å². The monoisotopic (exact) mass is 321 g/mol. The number of halogens is 3. The van der Waals surface area contributed by atoms with Gasteiger partial charge in [-0.15, -0.1) is 0 Å². The molecule has 0 aliphatic carbocycles. The highest BCUT2D eigenvalue weighted by molar-refractivity contribution is 6.31. The maximum Gasteiger partial charge on any atom is 0.263 e. The van der Waals surface area contributed by atoms with E-state index in [0.717, 1.165) is 22.8 Å². The lowest BCUT2D eigenvalue weighted by molar-refractivity contribution is 0.416. The molecule has 0 fully saturated rings. The van der Waals surface area contributed by atoms with Crippen LogP contribution in [0.3, 0.4) is 0 Å². The number of methoxy groups -OCH3 is 1. The van der Waals surface area contributed by atoms with E-state index in [4.69, 9.17) is 16.3 Å². The van der Waals surface area contributed by atoms with Crippen molar-refractivity contribution in [3.63, 3.8) is 0 Å². The van der Waals surface area contributed by atoms with Crippen molar-refractivity contribution >= 4 is 22.4 Å². The molecule has 1 aromatic heterocycles. The van der Waals surface area contributed by atoms with Crippen molar-refractivity contribution in [2.75, 3.05) is 7.11 Å². The summed E-state index contributed by atoms with van der Waals surface area (Å²) in [6.45, 7) is 0. The van der Waals surface area contributed by atoms with E-state index in [2.05, 4.69) is 0 Å². The molecule has 0 saturated carbocycles. The lowest BCUT2D eigenvalue weighted by Crippen LogP contribution is -2.19. The average molecular weight is 322 g/mol. The van der Waals surface area contributed by atoms with Crippen LogP contribution in [-0.4, -0.2) is 11.7 Å². The number of nitrogens with zero attached hydrogens (tertiary/aromatic N) is 1. The molecule has 0 aliphatic rings. The van der Waals surface area contributed by atoms with E-state index in [1.54, 1.807) is 12.1 Å². The fraction of sp³-hybridized carbons (Fsp3) is 0.0625. The van der Waals surface area contributed by atoms with Gasteiger partial charge >= 0.3 is 0 Å². The van der Waals surface area contributed by atoms with Crippen LogP contribution in [0.15, 0.2) is 47.4 Å². The second-order valence-corrected chi connectivity index (χ2v) is 5.09. The van der Waals surface area contributed by atoms with Gasteiger partial charge in [-0.25, -0.2) is 8.78 Å². The van der Waals surface area contributed by atoms with E-state index >= 15 is 0 Å². The topological polar surface area (TPSA) is 31.2 Å². The number of ether oxygens (including phenoxy) is 1. The van der Waals surface area contributed by atoms with Gasteiger partial charge in [-0.05, 0) is 30.3 Å². The van der Waals surface area contributed by atoms with E-state index < -0.39 is 17.2 Å². The molecule has 0 N–H and O–H groups in total. The summed E-state index contributed by atoms with van der Waals surface area (Å²) in [5.74, 6) is -1.00. The maximum atomic E-state index is 14.0. The third kappa shape index (κ3) is 2.33. The van der Waals surface area contributed by atoms with E-state index in [9.17, 15) is 13.6 Å². The van der Waals surface area contributed by atoms with E-state index in [0.29, 0.717) is 16.2 Å². The summed E-state index contributed by atoms with van der Waals surface area (Å²) >= 11 is 5.92. The summed E-state index contributed by atoms with van der Waals surface area (Å²) in [6, 6.07) is 7.63. The summed E-state index contributed by atoms with van der Waals surface area (Å²) in [5, 5.41) is 1.17. The van der Waals surface area contributed by atoms with Crippen LogP contribution in [0.2, 0.25) is 5.02 Å². The summed E-state index contributed by atoms with van der Waals surface area (Å²) in [6.07, 6.45) is 1.33. The molecule has 0 atom stereocenters. The van der Waals surface area contributed by atoms with Gasteiger partial charge in [-0.1, -0.05) is 11.6 Å². The number of pyridine rings is 1. The molecular weight excluding hydrogens is 312 g/mol. The number of benzene rings is 2. The van der Waals surface area contributed by atoms with Gasteiger partial charge < -0.3 is 4.74 Å². The Hall–Kier alpha value is -2.40. The highest BCUT2D eigenvalue weighted by atomic mass is 35.5. The Morgan fingerprint density at radius 2 is 1.86 bits per heavy atom. The first-order chi connectivity index (χ1) is 10.5. The summed E-state index contributed by atoms with van der Waals surface area (Å²) in [7, 11) is 1.43. The number of fused-ring (bicyclic) bond motifs is 1. The first-order valence-corrected chi connectivity index (χ1v) is 6.73. The molecule has 112 valence electrons. The Kier molecular flexibility index (Phi) is 3.58. The Bertz CT molecular complexity index is 937. The Balaban J connectivity index is 2.42. The summed E-state index contributed by atoms with van der Waals surface area (Å²) in [5.41, 5.74) is -0.701. The summed E-state index contributed by atoms with van der Waals surface area (Å²) in [4.78, 5) is 12.6. The minimum Gasteiger partial charge on any atom is -0.495 e. The number of rotatable bonds is 2. The standard InChI is InChI=1S/C16H10ClF2NO2/c1-22-15-8-20(14-7-10(18)3-5-13(14)19)16(21)12-6-9(17)2-4-11(12)15/h2-8H,1H3. The molecule has 0 unspecified atom stereocenters. The molecule has 3 aromatic rings. The van der Waals surface area contributed by atoms with Gasteiger partial charge in [0.15, 0.2) is 0 Å². The van der Waals surface area contributed by atoms with Gasteiger partial charge in [0.2, 0.25) is 0 Å². The van der Waals surface area contributed by atoms with Crippen LogP contribution in [0.5, 0.6) is 5.75 Å². The first-order valence-electron chi connectivity index (χ1n) is 6.35. The normalized spacial score (nSPS) is 10.9. The predicted molar refractivity (Wildman–Crippen MR) is 81.0 cm³/mol. The molecule has 3 nitrogen and oxygen atoms in total. The van der Waals surface area contributed by atoms with Crippen molar-refractivity contribution in [2.24, 2.45) is 0 Å². The highest BCUT2D eigenvalue weighted by Gasteiger charge is 2.14. The lowest BCUT2D eigenvalue weighted by atomic mass is 10.1. The quantitative estimate of drug-likeness (QED) is 0.716. The third-order valence-corrected chi connectivity index (χ3v) is 3.57. The minimum absolute atomic E-state index is 0.190. The molecule has 3 rings (SSSR count). The Morgan fingerprint density at radius 1 is 1.09 bits per heavy atom. The van der Waals surface area contributed by atoms with Gasteiger partial charge in [-0.2, -0.15) is 0 Å². The van der Waals surface area contributed by atoms with E-state index in [1.165, 1.54) is 19.4 Å². The average Bonchev–Trinajstić information content (AvgIpc) is 2.51. The lowest BCUT2D eigenvalue weighted by Gasteiger charge is -2.12. The molecule has 6 heteroatoms. The van der Waals surface area contributed by atoms with Crippen LogP contribution in [0.1, 0.15) is 0 Å². The van der Waals surface area contributed by atoms with Crippen LogP contribution in [0.4, 0.5) is 8.78 Å². The smallest absolute Gasteiger partial charge is 0.263 e. The second kappa shape index (κ2) is 5.42. The fourth-order valence-electron chi connectivity index (χ4n) is 2.30. The van der Waals surface area contributed by atoms with Gasteiger partial charge in [0.05, 0.1) is 24.4 Å². The fourth-order valence-corrected chi connectivity index (χ4v) is 2.47. The van der Waals surface area contributed by atoms with E-state index in [1.807, 2.05) is 0 Å². The van der Waals surface area contributed by atoms with Crippen LogP contribution >= 0.6 is 11.6 Å². The van der Waals surface area contributed by atoms with Crippen LogP contribution < -0.4 is 10.3 Å². The summed E-state index contributed by atoms with van der Waals surface area (Å²) < 4.78 is 33.6. The zero-order valence-corrected chi connectivity index (χ0v) is 12.2. The predicted octanol–water partition coefficient (Wildman–Crippen LogP) is 3.93. The van der Waals surface area contributed by atoms with Crippen molar-refractivity contribution in [1.82, 2.24) is 4.57 Å². The molecule has 0 aliphatic heterocycles. The van der Waals surface area contributed by atoms with Crippen LogP contribution in [0, 0.1) is 11.6 Å². The van der Waals surface area contributed by atoms with Crippen molar-refractivity contribution in [3.05, 3.63) is 69.6 Å². The van der Waals surface area contributed by atoms with Crippen molar-refractivity contribution in [2.45, 2.75) is 0 Å². The SMILES string of the molecule is COc1cn(-c2cc(F)ccc2F)c(=O)c2cc(Cl)ccc12. The first kappa shape index (κ1) is 14.5. The highest BCUT2D eigenvalue weighted by Crippen LogP contribution is 2.27. The number of hydrogen-bond acceptors (Lipinski definition) is 2. The van der Waals surface area contributed by atoms with Crippen molar-refractivity contribution in [1.29, 1.82) is 0 Å². The zero-order chi connectivity index (χ0) is 15.9. The molecular formula is C16H10ClF2NO2. The Labute approximate surface area is 129 Å². The number of aromatic nitrogens is 1. The second-order valence-electron chi connectivity index (χ2n) is 4.66. The molecule has 22 heavy (non-hydrogen) atoms. The van der Waals surface area contributed by atoms with Crippen molar-refractivity contribution < 1.29 is 13.5 Å². The van der Waals surface area contributed by atoms with Crippen LogP contribution in [-0.2, 0) is 0 Å². The third-order valence-electron chi connectivity index (χ3n) is 3.33. The molecule has 0 spiro atoms. The zero-order valence-electron chi connectivity index (χ0n) is 11.4. The molecule has 0 radical (unpaired) electrons. The van der Waals surface area contributed by atoms with Gasteiger partial charge in [0.25, 0.3) is 5.56 Å². The van der Waals surface area contributed by atoms with Crippen LogP contribution in [0.25, 0.3) is 16.5 Å². The van der Waals surface area contributed by atoms with Gasteiger partial charge in [0, 0.05) is 16.5 Å². The molecule has 0 saturated heterocycles. The Morgan fingerprint density at radius 3 is 2.59 bits per heavy atom. The molecule has 2 aromatic carbocycles. The maximum absolute atomic E-state index is 14.0. The van der Waals surface area contributed by atoms with Crippen molar-refractivity contribution in [3.8, 4) is 11.4 Å². The largest absolute Gasteiger partial charge is 0.495 e.